The summed E-state index contributed by atoms with van der Waals surface area (Å²) in [5.41, 5.74) is 1.67. The lowest BCUT2D eigenvalue weighted by Crippen LogP contribution is -2.58. The summed E-state index contributed by atoms with van der Waals surface area (Å²) in [4.78, 5) is 0. The first-order valence-corrected chi connectivity index (χ1v) is 9.34. The average Bonchev–Trinajstić information content (AvgIpc) is 2.71. The van der Waals surface area contributed by atoms with Crippen LogP contribution in [0, 0.1) is 0 Å². The number of aliphatic hydroxyl groups excluding tert-OH is 4. The maximum Gasteiger partial charge on any atom is 0.229 e. The SMILES string of the molecule is C[C@H]1O[C@H](Oc2ccc([C@@H]3C[C@H](O)c4ccccc4O3)cc2)[C@H](O)[C@H](O)[C@@H]1O. The van der Waals surface area contributed by atoms with Crippen molar-refractivity contribution in [3.8, 4) is 11.5 Å². The molecule has 7 heteroatoms. The Morgan fingerprint density at radius 2 is 1.61 bits per heavy atom. The highest BCUT2D eigenvalue weighted by molar-refractivity contribution is 5.39. The molecule has 1 saturated heterocycles. The molecule has 2 aliphatic rings. The second kappa shape index (κ2) is 7.69. The van der Waals surface area contributed by atoms with Gasteiger partial charge in [0.1, 0.15) is 35.9 Å². The molecule has 2 aromatic rings. The smallest absolute Gasteiger partial charge is 0.229 e. The van der Waals surface area contributed by atoms with Crippen LogP contribution in [0.1, 0.15) is 36.7 Å². The van der Waals surface area contributed by atoms with Crippen LogP contribution in [0.3, 0.4) is 0 Å². The summed E-state index contributed by atoms with van der Waals surface area (Å²) in [6.45, 7) is 1.60. The predicted molar refractivity (Wildman–Crippen MR) is 98.8 cm³/mol. The summed E-state index contributed by atoms with van der Waals surface area (Å²) in [5, 5.41) is 40.1. The lowest BCUT2D eigenvalue weighted by atomic mass is 9.95. The molecule has 150 valence electrons. The largest absolute Gasteiger partial charge is 0.485 e. The summed E-state index contributed by atoms with van der Waals surface area (Å²) in [5.74, 6) is 1.12. The Hall–Kier alpha value is -2.16. The van der Waals surface area contributed by atoms with Gasteiger partial charge in [-0.2, -0.15) is 0 Å². The fourth-order valence-corrected chi connectivity index (χ4v) is 3.60. The number of aliphatic hydroxyl groups is 4. The Labute approximate surface area is 162 Å². The molecule has 2 heterocycles. The van der Waals surface area contributed by atoms with Gasteiger partial charge in [-0.15, -0.1) is 0 Å². The molecule has 7 nitrogen and oxygen atoms in total. The lowest BCUT2D eigenvalue weighted by molar-refractivity contribution is -0.268. The molecule has 0 spiro atoms. The van der Waals surface area contributed by atoms with E-state index < -0.39 is 36.8 Å². The van der Waals surface area contributed by atoms with Gasteiger partial charge < -0.3 is 34.6 Å². The van der Waals surface area contributed by atoms with Gasteiger partial charge in [-0.05, 0) is 30.7 Å². The zero-order valence-corrected chi connectivity index (χ0v) is 15.4. The molecule has 1 fully saturated rings. The van der Waals surface area contributed by atoms with Crippen LogP contribution < -0.4 is 9.47 Å². The third kappa shape index (κ3) is 3.59. The monoisotopic (exact) mass is 388 g/mol. The van der Waals surface area contributed by atoms with Crippen molar-refractivity contribution in [3.05, 3.63) is 59.7 Å². The average molecular weight is 388 g/mol. The third-order valence-electron chi connectivity index (χ3n) is 5.30. The normalized spacial score (nSPS) is 35.0. The molecule has 4 rings (SSSR count). The van der Waals surface area contributed by atoms with Crippen LogP contribution in [0.25, 0.3) is 0 Å². The maximum atomic E-state index is 10.4. The molecule has 0 saturated carbocycles. The number of fused-ring (bicyclic) bond motifs is 1. The topological polar surface area (TPSA) is 109 Å². The highest BCUT2D eigenvalue weighted by Crippen LogP contribution is 2.40. The fraction of sp³-hybridized carbons (Fsp3) is 0.429. The van der Waals surface area contributed by atoms with Gasteiger partial charge in [0.05, 0.1) is 12.2 Å². The molecule has 0 radical (unpaired) electrons. The summed E-state index contributed by atoms with van der Waals surface area (Å²) in [6.07, 6.45) is -6.06. The van der Waals surface area contributed by atoms with E-state index in [2.05, 4.69) is 0 Å². The van der Waals surface area contributed by atoms with Crippen LogP contribution in [-0.2, 0) is 4.74 Å². The van der Waals surface area contributed by atoms with Gasteiger partial charge in [-0.3, -0.25) is 0 Å². The van der Waals surface area contributed by atoms with Crippen LogP contribution in [0.15, 0.2) is 48.5 Å². The molecule has 7 atom stereocenters. The molecule has 0 unspecified atom stereocenters. The molecular weight excluding hydrogens is 364 g/mol. The fourth-order valence-electron chi connectivity index (χ4n) is 3.60. The molecular formula is C21H24O7. The molecule has 2 aromatic carbocycles. The first kappa shape index (κ1) is 19.2. The molecule has 0 amide bonds. The summed E-state index contributed by atoms with van der Waals surface area (Å²) in [6, 6.07) is 14.5. The van der Waals surface area contributed by atoms with Gasteiger partial charge in [0.2, 0.25) is 6.29 Å². The van der Waals surface area contributed by atoms with E-state index in [1.165, 1.54) is 0 Å². The first-order valence-electron chi connectivity index (χ1n) is 9.34. The van der Waals surface area contributed by atoms with E-state index in [1.807, 2.05) is 36.4 Å². The van der Waals surface area contributed by atoms with Crippen molar-refractivity contribution in [1.82, 2.24) is 0 Å². The third-order valence-corrected chi connectivity index (χ3v) is 5.30. The standard InChI is InChI=1S/C21H24O7/c1-11-18(23)19(24)20(25)21(26-11)27-13-8-6-12(7-9-13)17-10-15(22)14-4-2-3-5-16(14)28-17/h2-9,11,15,17-25H,10H2,1H3/t11-,15+,17+,18-,19-,20-,21-/m1/s1. The van der Waals surface area contributed by atoms with Gasteiger partial charge in [-0.1, -0.05) is 30.3 Å². The van der Waals surface area contributed by atoms with Gasteiger partial charge in [0, 0.05) is 12.0 Å². The van der Waals surface area contributed by atoms with Crippen LogP contribution in [0.2, 0.25) is 0 Å². The minimum absolute atomic E-state index is 0.285. The van der Waals surface area contributed by atoms with Crippen molar-refractivity contribution in [1.29, 1.82) is 0 Å². The number of hydrogen-bond acceptors (Lipinski definition) is 7. The van der Waals surface area contributed by atoms with E-state index in [0.29, 0.717) is 17.9 Å². The van der Waals surface area contributed by atoms with Crippen molar-refractivity contribution in [2.75, 3.05) is 0 Å². The predicted octanol–water partition coefficient (Wildman–Crippen LogP) is 1.45. The van der Waals surface area contributed by atoms with Crippen molar-refractivity contribution in [2.24, 2.45) is 0 Å². The van der Waals surface area contributed by atoms with E-state index >= 15 is 0 Å². The number of para-hydroxylation sites is 1. The molecule has 4 N–H and O–H groups in total. The molecule has 0 aromatic heterocycles. The van der Waals surface area contributed by atoms with Gasteiger partial charge >= 0.3 is 0 Å². The molecule has 28 heavy (non-hydrogen) atoms. The van der Waals surface area contributed by atoms with E-state index in [0.717, 1.165) is 11.1 Å². The first-order chi connectivity index (χ1) is 13.4. The minimum atomic E-state index is -1.36. The van der Waals surface area contributed by atoms with Crippen LogP contribution in [0.4, 0.5) is 0 Å². The van der Waals surface area contributed by atoms with Crippen molar-refractivity contribution in [2.45, 2.75) is 56.3 Å². The Balaban J connectivity index is 1.45. The second-order valence-electron chi connectivity index (χ2n) is 7.26. The summed E-state index contributed by atoms with van der Waals surface area (Å²) >= 11 is 0. The van der Waals surface area contributed by atoms with Crippen LogP contribution in [-0.4, -0.2) is 51.1 Å². The van der Waals surface area contributed by atoms with Gasteiger partial charge in [0.15, 0.2) is 0 Å². The van der Waals surface area contributed by atoms with E-state index in [-0.39, 0.29) is 6.10 Å². The number of ether oxygens (including phenoxy) is 3. The molecule has 2 aliphatic heterocycles. The van der Waals surface area contributed by atoms with Gasteiger partial charge in [0.25, 0.3) is 0 Å². The van der Waals surface area contributed by atoms with Crippen LogP contribution in [0.5, 0.6) is 11.5 Å². The number of hydrogen-bond donors (Lipinski definition) is 4. The van der Waals surface area contributed by atoms with E-state index in [4.69, 9.17) is 14.2 Å². The lowest BCUT2D eigenvalue weighted by Gasteiger charge is -2.38. The van der Waals surface area contributed by atoms with Crippen LogP contribution >= 0.6 is 0 Å². The van der Waals surface area contributed by atoms with Crippen molar-refractivity contribution < 1.29 is 34.6 Å². The zero-order chi connectivity index (χ0) is 19.8. The minimum Gasteiger partial charge on any atom is -0.485 e. The number of rotatable bonds is 3. The Bertz CT molecular complexity index is 809. The van der Waals surface area contributed by atoms with E-state index in [9.17, 15) is 20.4 Å². The Morgan fingerprint density at radius 1 is 0.893 bits per heavy atom. The van der Waals surface area contributed by atoms with Gasteiger partial charge in [-0.25, -0.2) is 0 Å². The van der Waals surface area contributed by atoms with Crippen molar-refractivity contribution >= 4 is 0 Å². The zero-order valence-electron chi connectivity index (χ0n) is 15.4. The highest BCUT2D eigenvalue weighted by atomic mass is 16.7. The Morgan fingerprint density at radius 3 is 2.36 bits per heavy atom. The molecule has 0 aliphatic carbocycles. The second-order valence-corrected chi connectivity index (χ2v) is 7.26. The highest BCUT2D eigenvalue weighted by Gasteiger charge is 2.43. The van der Waals surface area contributed by atoms with Crippen molar-refractivity contribution in [3.63, 3.8) is 0 Å². The molecule has 0 bridgehead atoms. The summed E-state index contributed by atoms with van der Waals surface area (Å²) < 4.78 is 17.1. The van der Waals surface area contributed by atoms with E-state index in [1.54, 1.807) is 19.1 Å². The summed E-state index contributed by atoms with van der Waals surface area (Å²) in [7, 11) is 0. The number of benzene rings is 2. The Kier molecular flexibility index (Phi) is 5.27. The maximum absolute atomic E-state index is 10.4. The quantitative estimate of drug-likeness (QED) is 0.630.